The largest absolute Gasteiger partial charge is 0.402 e. The molecule has 1 aromatic rings. The first-order valence-corrected chi connectivity index (χ1v) is 8.41. The Hall–Kier alpha value is -1.53. The van der Waals surface area contributed by atoms with Crippen molar-refractivity contribution in [1.82, 2.24) is 14.7 Å². The molecule has 0 bridgehead atoms. The van der Waals surface area contributed by atoms with E-state index in [1.807, 2.05) is 24.0 Å². The van der Waals surface area contributed by atoms with E-state index in [0.717, 1.165) is 32.3 Å². The summed E-state index contributed by atoms with van der Waals surface area (Å²) < 4.78 is 41.1. The van der Waals surface area contributed by atoms with Crippen LogP contribution in [0.4, 0.5) is 13.2 Å². The number of likely N-dealkylation sites (tertiary alicyclic amines) is 1. The molecule has 0 spiro atoms. The smallest absolute Gasteiger partial charge is 0.342 e. The first-order chi connectivity index (χ1) is 11.0. The fourth-order valence-corrected chi connectivity index (χ4v) is 3.01. The number of aryl methyl sites for hydroxylation is 1. The second-order valence-electron chi connectivity index (χ2n) is 7.46. The molecule has 136 valence electrons. The highest BCUT2D eigenvalue weighted by atomic mass is 19.4. The van der Waals surface area contributed by atoms with Gasteiger partial charge in [-0.25, -0.2) is 0 Å². The van der Waals surface area contributed by atoms with Crippen LogP contribution in [0.2, 0.25) is 0 Å². The molecule has 1 aliphatic rings. The van der Waals surface area contributed by atoms with Crippen LogP contribution in [0.3, 0.4) is 0 Å². The van der Waals surface area contributed by atoms with Crippen LogP contribution in [0.15, 0.2) is 12.4 Å². The number of carbonyl (C=O) groups excluding carboxylic acids is 1. The molecule has 7 heteroatoms. The van der Waals surface area contributed by atoms with Crippen LogP contribution in [0.25, 0.3) is 0 Å². The van der Waals surface area contributed by atoms with E-state index in [0.29, 0.717) is 25.9 Å². The van der Waals surface area contributed by atoms with Gasteiger partial charge in [-0.15, -0.1) is 0 Å². The molecule has 2 heterocycles. The van der Waals surface area contributed by atoms with Crippen LogP contribution in [0, 0.1) is 5.41 Å². The summed E-state index contributed by atoms with van der Waals surface area (Å²) in [5, 5.41) is 4.42. The Morgan fingerprint density at radius 1 is 1.29 bits per heavy atom. The Balaban J connectivity index is 2.05. The van der Waals surface area contributed by atoms with Crippen LogP contribution in [-0.4, -0.2) is 39.9 Å². The number of nitrogens with zero attached hydrogens (tertiary/aromatic N) is 3. The van der Waals surface area contributed by atoms with Crippen molar-refractivity contribution in [2.75, 3.05) is 13.1 Å². The van der Waals surface area contributed by atoms with Gasteiger partial charge in [0.15, 0.2) is 0 Å². The summed E-state index contributed by atoms with van der Waals surface area (Å²) >= 11 is 0. The fourth-order valence-electron chi connectivity index (χ4n) is 3.01. The van der Waals surface area contributed by atoms with Crippen LogP contribution in [0.5, 0.6) is 0 Å². The van der Waals surface area contributed by atoms with Crippen molar-refractivity contribution in [2.24, 2.45) is 5.41 Å². The number of halogens is 3. The quantitative estimate of drug-likeness (QED) is 0.833. The summed E-state index contributed by atoms with van der Waals surface area (Å²) in [6.07, 6.45) is 2.51. The second-order valence-corrected chi connectivity index (χ2v) is 7.46. The number of piperidine rings is 1. The third kappa shape index (κ3) is 3.44. The van der Waals surface area contributed by atoms with Crippen LogP contribution < -0.4 is 0 Å². The summed E-state index contributed by atoms with van der Waals surface area (Å²) in [6.45, 7) is 6.69. The summed E-state index contributed by atoms with van der Waals surface area (Å²) in [5.41, 5.74) is -1.44. The van der Waals surface area contributed by atoms with Gasteiger partial charge in [-0.2, -0.15) is 18.3 Å². The van der Waals surface area contributed by atoms with Crippen LogP contribution in [0.1, 0.15) is 52.5 Å². The predicted octanol–water partition coefficient (Wildman–Crippen LogP) is 3.76. The number of rotatable bonds is 4. The van der Waals surface area contributed by atoms with Crippen molar-refractivity contribution in [1.29, 1.82) is 0 Å². The highest BCUT2D eigenvalue weighted by Gasteiger charge is 2.54. The molecule has 4 nitrogen and oxygen atoms in total. The summed E-state index contributed by atoms with van der Waals surface area (Å²) in [7, 11) is 0. The first kappa shape index (κ1) is 18.8. The van der Waals surface area contributed by atoms with E-state index in [2.05, 4.69) is 12.0 Å². The number of hydrogen-bond donors (Lipinski definition) is 0. The van der Waals surface area contributed by atoms with E-state index in [9.17, 15) is 18.0 Å². The van der Waals surface area contributed by atoms with E-state index in [1.165, 1.54) is 4.90 Å². The maximum Gasteiger partial charge on any atom is 0.402 e. The Kier molecular flexibility index (Phi) is 5.02. The van der Waals surface area contributed by atoms with Gasteiger partial charge in [0.2, 0.25) is 5.91 Å². The molecule has 1 saturated heterocycles. The van der Waals surface area contributed by atoms with E-state index in [-0.39, 0.29) is 5.54 Å². The molecule has 0 aliphatic carbocycles. The minimum absolute atomic E-state index is 0.259. The van der Waals surface area contributed by atoms with Crippen molar-refractivity contribution >= 4 is 5.91 Å². The average molecular weight is 345 g/mol. The zero-order chi connectivity index (χ0) is 18.2. The second kappa shape index (κ2) is 6.41. The lowest BCUT2D eigenvalue weighted by Crippen LogP contribution is -2.53. The van der Waals surface area contributed by atoms with Gasteiger partial charge in [0.05, 0.1) is 11.7 Å². The van der Waals surface area contributed by atoms with Crippen molar-refractivity contribution in [3.63, 3.8) is 0 Å². The van der Waals surface area contributed by atoms with E-state index in [4.69, 9.17) is 0 Å². The van der Waals surface area contributed by atoms with E-state index >= 15 is 0 Å². The number of aromatic nitrogens is 2. The number of hydrogen-bond acceptors (Lipinski definition) is 2. The van der Waals surface area contributed by atoms with E-state index in [1.54, 1.807) is 0 Å². The van der Waals surface area contributed by atoms with Gasteiger partial charge < -0.3 is 4.90 Å². The molecular formula is C17H26F3N3O. The third-order valence-corrected chi connectivity index (χ3v) is 5.10. The SMILES string of the molecule is CCCc1cnn(C2(C)CCN(C(=O)C(C)(C)C(F)(F)F)CC2)c1. The van der Waals surface area contributed by atoms with E-state index < -0.39 is 17.5 Å². The number of carbonyl (C=O) groups is 1. The molecule has 0 saturated carbocycles. The lowest BCUT2D eigenvalue weighted by Gasteiger charge is -2.42. The lowest BCUT2D eigenvalue weighted by atomic mass is 9.86. The molecule has 2 rings (SSSR count). The molecule has 0 unspecified atom stereocenters. The molecule has 0 N–H and O–H groups in total. The molecule has 1 amide bonds. The maximum absolute atomic E-state index is 13.1. The Morgan fingerprint density at radius 2 is 1.88 bits per heavy atom. The summed E-state index contributed by atoms with van der Waals surface area (Å²) in [4.78, 5) is 13.6. The minimum atomic E-state index is -4.54. The minimum Gasteiger partial charge on any atom is -0.342 e. The highest BCUT2D eigenvalue weighted by molar-refractivity contribution is 5.83. The van der Waals surface area contributed by atoms with Gasteiger partial charge in [-0.3, -0.25) is 9.48 Å². The van der Waals surface area contributed by atoms with Gasteiger partial charge in [-0.05, 0) is 45.6 Å². The zero-order valence-electron chi connectivity index (χ0n) is 14.8. The molecular weight excluding hydrogens is 319 g/mol. The van der Waals surface area contributed by atoms with Gasteiger partial charge >= 0.3 is 6.18 Å². The van der Waals surface area contributed by atoms with Crippen LogP contribution in [-0.2, 0) is 16.8 Å². The predicted molar refractivity (Wildman–Crippen MR) is 85.5 cm³/mol. The molecule has 1 aliphatic heterocycles. The van der Waals surface area contributed by atoms with Crippen molar-refractivity contribution < 1.29 is 18.0 Å². The third-order valence-electron chi connectivity index (χ3n) is 5.10. The zero-order valence-corrected chi connectivity index (χ0v) is 14.8. The molecule has 1 aromatic heterocycles. The maximum atomic E-state index is 13.1. The monoisotopic (exact) mass is 345 g/mol. The molecule has 0 aromatic carbocycles. The molecule has 1 fully saturated rings. The van der Waals surface area contributed by atoms with Gasteiger partial charge in [0, 0.05) is 19.3 Å². The Labute approximate surface area is 141 Å². The standard InChI is InChI=1S/C17H26F3N3O/c1-5-6-13-11-21-23(12-13)16(4)7-9-22(10-8-16)14(24)15(2,3)17(18,19)20/h11-12H,5-10H2,1-4H3. The average Bonchev–Trinajstić information content (AvgIpc) is 2.96. The van der Waals surface area contributed by atoms with Gasteiger partial charge in [0.1, 0.15) is 5.41 Å². The normalized spacial score (nSPS) is 18.7. The molecule has 24 heavy (non-hydrogen) atoms. The fraction of sp³-hybridized carbons (Fsp3) is 0.765. The van der Waals surface area contributed by atoms with Crippen molar-refractivity contribution in [3.8, 4) is 0 Å². The summed E-state index contributed by atoms with van der Waals surface area (Å²) in [5.74, 6) is -0.843. The number of amides is 1. The number of alkyl halides is 3. The van der Waals surface area contributed by atoms with Crippen molar-refractivity contribution in [2.45, 2.75) is 65.1 Å². The van der Waals surface area contributed by atoms with Gasteiger partial charge in [-0.1, -0.05) is 13.3 Å². The topological polar surface area (TPSA) is 38.1 Å². The highest BCUT2D eigenvalue weighted by Crippen LogP contribution is 2.40. The lowest BCUT2D eigenvalue weighted by molar-refractivity contribution is -0.218. The van der Waals surface area contributed by atoms with Crippen LogP contribution >= 0.6 is 0 Å². The summed E-state index contributed by atoms with van der Waals surface area (Å²) in [6, 6.07) is 0. The first-order valence-electron chi connectivity index (χ1n) is 8.41. The van der Waals surface area contributed by atoms with Gasteiger partial charge in [0.25, 0.3) is 0 Å². The Bertz CT molecular complexity index is 584. The van der Waals surface area contributed by atoms with Crippen molar-refractivity contribution in [3.05, 3.63) is 18.0 Å². The molecule has 0 radical (unpaired) electrons. The molecule has 0 atom stereocenters. The Morgan fingerprint density at radius 3 is 2.38 bits per heavy atom.